The molecule has 21 heavy (non-hydrogen) atoms. The number of hydrogen-bond acceptors (Lipinski definition) is 5. The van der Waals surface area contributed by atoms with E-state index in [2.05, 4.69) is 33.9 Å². The SMILES string of the molecule is CN1CCN(c2cc(N3CCC(O)CC3)ccc2N)CC1. The molecule has 2 heterocycles. The van der Waals surface area contributed by atoms with Crippen molar-refractivity contribution in [3.8, 4) is 0 Å². The molecule has 1 aromatic rings. The van der Waals surface area contributed by atoms with Gasteiger partial charge >= 0.3 is 0 Å². The minimum atomic E-state index is -0.132. The number of nitrogen functional groups attached to an aromatic ring is 1. The summed E-state index contributed by atoms with van der Waals surface area (Å²) in [5.74, 6) is 0. The van der Waals surface area contributed by atoms with Gasteiger partial charge in [0.05, 0.1) is 17.5 Å². The van der Waals surface area contributed by atoms with Crippen LogP contribution < -0.4 is 15.5 Å². The standard InChI is InChI=1S/C16H26N4O/c1-18-8-10-20(11-9-18)16-12-13(2-3-15(16)17)19-6-4-14(21)5-7-19/h2-3,12,14,21H,4-11,17H2,1H3. The lowest BCUT2D eigenvalue weighted by atomic mass is 10.1. The van der Waals surface area contributed by atoms with Crippen molar-refractivity contribution in [2.75, 3.05) is 61.8 Å². The van der Waals surface area contributed by atoms with E-state index in [9.17, 15) is 5.11 Å². The molecule has 0 aromatic heterocycles. The van der Waals surface area contributed by atoms with Crippen LogP contribution in [0.5, 0.6) is 0 Å². The van der Waals surface area contributed by atoms with Crippen molar-refractivity contribution in [3.05, 3.63) is 18.2 Å². The van der Waals surface area contributed by atoms with Crippen molar-refractivity contribution in [2.45, 2.75) is 18.9 Å². The first-order valence-electron chi connectivity index (χ1n) is 7.89. The summed E-state index contributed by atoms with van der Waals surface area (Å²) in [6.07, 6.45) is 1.58. The van der Waals surface area contributed by atoms with Gasteiger partial charge in [-0.15, -0.1) is 0 Å². The van der Waals surface area contributed by atoms with Crippen LogP contribution in [-0.4, -0.2) is 62.4 Å². The maximum absolute atomic E-state index is 9.64. The zero-order valence-corrected chi connectivity index (χ0v) is 12.8. The van der Waals surface area contributed by atoms with Gasteiger partial charge in [-0.25, -0.2) is 0 Å². The molecule has 116 valence electrons. The Morgan fingerprint density at radius 2 is 1.67 bits per heavy atom. The van der Waals surface area contributed by atoms with Crippen molar-refractivity contribution >= 4 is 17.1 Å². The lowest BCUT2D eigenvalue weighted by molar-refractivity contribution is 0.145. The van der Waals surface area contributed by atoms with Crippen LogP contribution in [0.1, 0.15) is 12.8 Å². The number of nitrogens with two attached hydrogens (primary N) is 1. The fraction of sp³-hybridized carbons (Fsp3) is 0.625. The number of rotatable bonds is 2. The Labute approximate surface area is 126 Å². The highest BCUT2D eigenvalue weighted by molar-refractivity contribution is 5.73. The first kappa shape index (κ1) is 14.5. The van der Waals surface area contributed by atoms with Gasteiger partial charge in [-0.2, -0.15) is 0 Å². The lowest BCUT2D eigenvalue weighted by Gasteiger charge is -2.36. The van der Waals surface area contributed by atoms with E-state index in [1.807, 2.05) is 6.07 Å². The van der Waals surface area contributed by atoms with Crippen molar-refractivity contribution in [3.63, 3.8) is 0 Å². The van der Waals surface area contributed by atoms with Crippen LogP contribution in [0, 0.1) is 0 Å². The first-order valence-corrected chi connectivity index (χ1v) is 7.89. The van der Waals surface area contributed by atoms with Gasteiger partial charge in [-0.05, 0) is 38.1 Å². The molecule has 0 amide bonds. The minimum Gasteiger partial charge on any atom is -0.397 e. The smallest absolute Gasteiger partial charge is 0.0621 e. The summed E-state index contributed by atoms with van der Waals surface area (Å²) in [6, 6.07) is 6.35. The first-order chi connectivity index (χ1) is 10.1. The van der Waals surface area contributed by atoms with Gasteiger partial charge in [-0.3, -0.25) is 0 Å². The molecule has 3 N–H and O–H groups in total. The molecule has 0 atom stereocenters. The molecule has 1 aromatic carbocycles. The highest BCUT2D eigenvalue weighted by Crippen LogP contribution is 2.31. The zero-order valence-electron chi connectivity index (χ0n) is 12.8. The van der Waals surface area contributed by atoms with Gasteiger partial charge < -0.3 is 25.5 Å². The van der Waals surface area contributed by atoms with E-state index >= 15 is 0 Å². The van der Waals surface area contributed by atoms with Crippen molar-refractivity contribution in [2.24, 2.45) is 0 Å². The highest BCUT2D eigenvalue weighted by Gasteiger charge is 2.20. The Morgan fingerprint density at radius 1 is 1.00 bits per heavy atom. The number of aliphatic hydroxyl groups excluding tert-OH is 1. The number of nitrogens with zero attached hydrogens (tertiary/aromatic N) is 3. The highest BCUT2D eigenvalue weighted by atomic mass is 16.3. The van der Waals surface area contributed by atoms with Gasteiger partial charge in [0.2, 0.25) is 0 Å². The summed E-state index contributed by atoms with van der Waals surface area (Å²) in [6.45, 7) is 6.07. The molecular formula is C16H26N4O. The third-order valence-corrected chi connectivity index (χ3v) is 4.69. The molecule has 0 bridgehead atoms. The van der Waals surface area contributed by atoms with Crippen molar-refractivity contribution in [1.29, 1.82) is 0 Å². The van der Waals surface area contributed by atoms with E-state index in [1.165, 1.54) is 5.69 Å². The van der Waals surface area contributed by atoms with Gasteiger partial charge in [-0.1, -0.05) is 0 Å². The number of likely N-dealkylation sites (N-methyl/N-ethyl adjacent to an activating group) is 1. The molecule has 2 saturated heterocycles. The average molecular weight is 290 g/mol. The third-order valence-electron chi connectivity index (χ3n) is 4.69. The maximum atomic E-state index is 9.64. The number of piperazine rings is 1. The van der Waals surface area contributed by atoms with Gasteiger partial charge in [0.25, 0.3) is 0 Å². The van der Waals surface area contributed by atoms with Crippen LogP contribution >= 0.6 is 0 Å². The summed E-state index contributed by atoms with van der Waals surface area (Å²) < 4.78 is 0. The van der Waals surface area contributed by atoms with E-state index in [4.69, 9.17) is 5.73 Å². The number of benzene rings is 1. The second-order valence-electron chi connectivity index (χ2n) is 6.25. The number of hydrogen-bond donors (Lipinski definition) is 2. The molecular weight excluding hydrogens is 264 g/mol. The Balaban J connectivity index is 1.76. The molecule has 0 aliphatic carbocycles. The zero-order chi connectivity index (χ0) is 14.8. The summed E-state index contributed by atoms with van der Waals surface area (Å²) in [7, 11) is 2.16. The summed E-state index contributed by atoms with van der Waals surface area (Å²) in [4.78, 5) is 7.09. The van der Waals surface area contributed by atoms with Crippen LogP contribution in [0.25, 0.3) is 0 Å². The predicted molar refractivity (Wildman–Crippen MR) is 88.0 cm³/mol. The van der Waals surface area contributed by atoms with E-state index in [-0.39, 0.29) is 6.10 Å². The van der Waals surface area contributed by atoms with Crippen molar-refractivity contribution < 1.29 is 5.11 Å². The molecule has 2 aliphatic rings. The molecule has 5 nitrogen and oxygen atoms in total. The lowest BCUT2D eigenvalue weighted by Crippen LogP contribution is -2.44. The molecule has 0 spiro atoms. The number of aliphatic hydroxyl groups is 1. The molecule has 0 saturated carbocycles. The summed E-state index contributed by atoms with van der Waals surface area (Å²) in [5, 5.41) is 9.64. The Kier molecular flexibility index (Phi) is 4.22. The van der Waals surface area contributed by atoms with Gasteiger partial charge in [0, 0.05) is 45.0 Å². The van der Waals surface area contributed by atoms with Crippen LogP contribution in [-0.2, 0) is 0 Å². The Hall–Kier alpha value is -1.46. The second kappa shape index (κ2) is 6.12. The number of anilines is 3. The van der Waals surface area contributed by atoms with Crippen LogP contribution in [0.2, 0.25) is 0 Å². The molecule has 0 radical (unpaired) electrons. The molecule has 3 rings (SSSR count). The number of piperidine rings is 1. The molecule has 2 aliphatic heterocycles. The summed E-state index contributed by atoms with van der Waals surface area (Å²) in [5.41, 5.74) is 9.44. The largest absolute Gasteiger partial charge is 0.397 e. The van der Waals surface area contributed by atoms with Crippen LogP contribution in [0.4, 0.5) is 17.1 Å². The third kappa shape index (κ3) is 3.24. The van der Waals surface area contributed by atoms with E-state index in [0.717, 1.165) is 63.5 Å². The fourth-order valence-corrected chi connectivity index (χ4v) is 3.17. The minimum absolute atomic E-state index is 0.132. The van der Waals surface area contributed by atoms with E-state index in [1.54, 1.807) is 0 Å². The monoisotopic (exact) mass is 290 g/mol. The molecule has 5 heteroatoms. The van der Waals surface area contributed by atoms with Gasteiger partial charge in [0.1, 0.15) is 0 Å². The van der Waals surface area contributed by atoms with Crippen LogP contribution in [0.15, 0.2) is 18.2 Å². The average Bonchev–Trinajstić information content (AvgIpc) is 2.50. The maximum Gasteiger partial charge on any atom is 0.0621 e. The summed E-state index contributed by atoms with van der Waals surface area (Å²) >= 11 is 0. The fourth-order valence-electron chi connectivity index (χ4n) is 3.17. The Morgan fingerprint density at radius 3 is 2.33 bits per heavy atom. The Bertz CT molecular complexity index is 477. The quantitative estimate of drug-likeness (QED) is 0.795. The molecule has 0 unspecified atom stereocenters. The second-order valence-corrected chi connectivity index (χ2v) is 6.25. The van der Waals surface area contributed by atoms with Crippen LogP contribution in [0.3, 0.4) is 0 Å². The molecule has 2 fully saturated rings. The van der Waals surface area contributed by atoms with E-state index < -0.39 is 0 Å². The van der Waals surface area contributed by atoms with E-state index in [0.29, 0.717) is 0 Å². The van der Waals surface area contributed by atoms with Crippen molar-refractivity contribution in [1.82, 2.24) is 4.90 Å². The topological polar surface area (TPSA) is 56.0 Å². The van der Waals surface area contributed by atoms with Gasteiger partial charge in [0.15, 0.2) is 0 Å². The normalized spacial score (nSPS) is 21.8. The predicted octanol–water partition coefficient (Wildman–Crippen LogP) is 0.982.